The van der Waals surface area contributed by atoms with Gasteiger partial charge >= 0.3 is 0 Å². The van der Waals surface area contributed by atoms with Crippen molar-refractivity contribution in [2.75, 3.05) is 20.2 Å². The minimum absolute atomic E-state index is 0.100. The highest BCUT2D eigenvalue weighted by Crippen LogP contribution is 2.35. The third-order valence-corrected chi connectivity index (χ3v) is 5.29. The Hall–Kier alpha value is -2.31. The molecule has 0 radical (unpaired) electrons. The molecule has 1 aliphatic heterocycles. The van der Waals surface area contributed by atoms with Crippen LogP contribution < -0.4 is 10.1 Å². The summed E-state index contributed by atoms with van der Waals surface area (Å²) in [5.74, 6) is -0.802. The Bertz CT molecular complexity index is 899. The van der Waals surface area contributed by atoms with E-state index in [0.29, 0.717) is 31.0 Å². The maximum absolute atomic E-state index is 13.3. The maximum atomic E-state index is 13.3. The van der Waals surface area contributed by atoms with Crippen molar-refractivity contribution in [1.29, 1.82) is 0 Å². The zero-order valence-electron chi connectivity index (χ0n) is 15.2. The van der Waals surface area contributed by atoms with Crippen LogP contribution in [0, 0.1) is 5.82 Å². The van der Waals surface area contributed by atoms with E-state index in [1.165, 1.54) is 25.3 Å². The van der Waals surface area contributed by atoms with E-state index in [9.17, 15) is 14.0 Å². The van der Waals surface area contributed by atoms with Gasteiger partial charge < -0.3 is 15.0 Å². The molecule has 148 valence electrons. The molecule has 0 atom stereocenters. The SMILES string of the molecule is COc1c(Cl)ccc(Cl)c1C(=O)N1CCC(NC(=O)c2cccc(F)c2)CC1. The maximum Gasteiger partial charge on any atom is 0.259 e. The van der Waals surface area contributed by atoms with Gasteiger partial charge in [0.1, 0.15) is 11.4 Å². The summed E-state index contributed by atoms with van der Waals surface area (Å²) in [5.41, 5.74) is 0.507. The molecule has 0 bridgehead atoms. The summed E-state index contributed by atoms with van der Waals surface area (Å²) in [6, 6.07) is 8.58. The number of piperidine rings is 1. The number of rotatable bonds is 4. The van der Waals surface area contributed by atoms with Crippen molar-refractivity contribution >= 4 is 35.0 Å². The molecule has 1 N–H and O–H groups in total. The van der Waals surface area contributed by atoms with Gasteiger partial charge in [0.15, 0.2) is 5.75 Å². The molecule has 1 heterocycles. The van der Waals surface area contributed by atoms with Crippen LogP contribution in [0.15, 0.2) is 36.4 Å². The number of hydrogen-bond donors (Lipinski definition) is 1. The van der Waals surface area contributed by atoms with E-state index in [4.69, 9.17) is 27.9 Å². The number of hydrogen-bond acceptors (Lipinski definition) is 3. The lowest BCUT2D eigenvalue weighted by atomic mass is 10.0. The van der Waals surface area contributed by atoms with E-state index < -0.39 is 5.82 Å². The molecule has 1 aliphatic rings. The quantitative estimate of drug-likeness (QED) is 0.800. The molecule has 3 rings (SSSR count). The summed E-state index contributed by atoms with van der Waals surface area (Å²) in [5, 5.41) is 3.47. The van der Waals surface area contributed by atoms with Gasteiger partial charge in [0.2, 0.25) is 0 Å². The van der Waals surface area contributed by atoms with Crippen LogP contribution in [0.1, 0.15) is 33.6 Å². The number of ether oxygens (including phenoxy) is 1. The summed E-state index contributed by atoms with van der Waals surface area (Å²) in [4.78, 5) is 26.8. The van der Waals surface area contributed by atoms with Crippen molar-refractivity contribution in [1.82, 2.24) is 10.2 Å². The van der Waals surface area contributed by atoms with Crippen LogP contribution in [0.3, 0.4) is 0 Å². The highest BCUT2D eigenvalue weighted by Gasteiger charge is 2.28. The molecule has 0 aliphatic carbocycles. The zero-order chi connectivity index (χ0) is 20.3. The minimum Gasteiger partial charge on any atom is -0.494 e. The van der Waals surface area contributed by atoms with Gasteiger partial charge in [0, 0.05) is 24.7 Å². The first kappa shape index (κ1) is 20.4. The Morgan fingerprint density at radius 2 is 1.82 bits per heavy atom. The number of carbonyl (C=O) groups excluding carboxylic acids is 2. The smallest absolute Gasteiger partial charge is 0.259 e. The van der Waals surface area contributed by atoms with Crippen molar-refractivity contribution in [3.63, 3.8) is 0 Å². The molecule has 1 fully saturated rings. The molecule has 5 nitrogen and oxygen atoms in total. The lowest BCUT2D eigenvalue weighted by Crippen LogP contribution is -2.46. The number of nitrogens with zero attached hydrogens (tertiary/aromatic N) is 1. The van der Waals surface area contributed by atoms with Gasteiger partial charge in [0.25, 0.3) is 11.8 Å². The van der Waals surface area contributed by atoms with Gasteiger partial charge in [-0.25, -0.2) is 4.39 Å². The van der Waals surface area contributed by atoms with Crippen LogP contribution in [-0.2, 0) is 0 Å². The van der Waals surface area contributed by atoms with Crippen LogP contribution in [-0.4, -0.2) is 43.0 Å². The molecular formula is C20H19Cl2FN2O3. The number of likely N-dealkylation sites (tertiary alicyclic amines) is 1. The minimum atomic E-state index is -0.458. The molecule has 28 heavy (non-hydrogen) atoms. The largest absolute Gasteiger partial charge is 0.494 e. The Morgan fingerprint density at radius 3 is 2.46 bits per heavy atom. The van der Waals surface area contributed by atoms with Crippen LogP contribution in [0.2, 0.25) is 10.0 Å². The van der Waals surface area contributed by atoms with Crippen molar-refractivity contribution < 1.29 is 18.7 Å². The summed E-state index contributed by atoms with van der Waals surface area (Å²) >= 11 is 12.3. The van der Waals surface area contributed by atoms with Crippen LogP contribution >= 0.6 is 23.2 Å². The van der Waals surface area contributed by atoms with E-state index in [1.807, 2.05) is 0 Å². The number of carbonyl (C=O) groups is 2. The predicted octanol–water partition coefficient (Wildman–Crippen LogP) is 4.18. The first-order valence-corrected chi connectivity index (χ1v) is 9.54. The second kappa shape index (κ2) is 8.80. The van der Waals surface area contributed by atoms with Gasteiger partial charge in [-0.05, 0) is 43.2 Å². The molecule has 2 aromatic rings. The summed E-state index contributed by atoms with van der Waals surface area (Å²) in [6.45, 7) is 0.887. The molecule has 1 saturated heterocycles. The van der Waals surface area contributed by atoms with Crippen molar-refractivity contribution in [2.24, 2.45) is 0 Å². The van der Waals surface area contributed by atoms with Gasteiger partial charge in [-0.2, -0.15) is 0 Å². The van der Waals surface area contributed by atoms with E-state index in [1.54, 1.807) is 23.1 Å². The van der Waals surface area contributed by atoms with E-state index in [2.05, 4.69) is 5.32 Å². The lowest BCUT2D eigenvalue weighted by molar-refractivity contribution is 0.0695. The van der Waals surface area contributed by atoms with Gasteiger partial charge in [-0.3, -0.25) is 9.59 Å². The normalized spacial score (nSPS) is 14.6. The Morgan fingerprint density at radius 1 is 1.14 bits per heavy atom. The number of benzene rings is 2. The first-order valence-electron chi connectivity index (χ1n) is 8.78. The van der Waals surface area contributed by atoms with Gasteiger partial charge in [-0.15, -0.1) is 0 Å². The highest BCUT2D eigenvalue weighted by atomic mass is 35.5. The number of nitrogens with one attached hydrogen (secondary N) is 1. The van der Waals surface area contributed by atoms with E-state index in [0.717, 1.165) is 0 Å². The Balaban J connectivity index is 1.64. The Labute approximate surface area is 172 Å². The lowest BCUT2D eigenvalue weighted by Gasteiger charge is -2.33. The number of amides is 2. The van der Waals surface area contributed by atoms with Crippen LogP contribution in [0.4, 0.5) is 4.39 Å². The summed E-state index contributed by atoms with van der Waals surface area (Å²) < 4.78 is 18.5. The average molecular weight is 425 g/mol. The monoisotopic (exact) mass is 424 g/mol. The standard InChI is InChI=1S/C20H19Cl2FN2O3/c1-28-18-16(22)6-5-15(21)17(18)20(27)25-9-7-14(8-10-25)24-19(26)12-3-2-4-13(23)11-12/h2-6,11,14H,7-10H2,1H3,(H,24,26). The molecule has 0 aromatic heterocycles. The average Bonchev–Trinajstić information content (AvgIpc) is 2.69. The summed E-state index contributed by atoms with van der Waals surface area (Å²) in [7, 11) is 1.43. The van der Waals surface area contributed by atoms with Crippen molar-refractivity contribution in [2.45, 2.75) is 18.9 Å². The molecule has 2 aromatic carbocycles. The second-order valence-electron chi connectivity index (χ2n) is 6.49. The van der Waals surface area contributed by atoms with E-state index >= 15 is 0 Å². The second-order valence-corrected chi connectivity index (χ2v) is 7.30. The third kappa shape index (κ3) is 4.39. The van der Waals surface area contributed by atoms with Crippen LogP contribution in [0.5, 0.6) is 5.75 Å². The topological polar surface area (TPSA) is 58.6 Å². The van der Waals surface area contributed by atoms with Crippen molar-refractivity contribution in [3.8, 4) is 5.75 Å². The molecule has 8 heteroatoms. The predicted molar refractivity (Wildman–Crippen MR) is 106 cm³/mol. The number of halogens is 3. The number of methoxy groups -OCH3 is 1. The van der Waals surface area contributed by atoms with Gasteiger partial charge in [-0.1, -0.05) is 29.3 Å². The highest BCUT2D eigenvalue weighted by molar-refractivity contribution is 6.37. The Kier molecular flexibility index (Phi) is 6.42. The van der Waals surface area contributed by atoms with Crippen molar-refractivity contribution in [3.05, 3.63) is 63.4 Å². The first-order chi connectivity index (χ1) is 13.4. The van der Waals surface area contributed by atoms with E-state index in [-0.39, 0.29) is 39.8 Å². The van der Waals surface area contributed by atoms with Gasteiger partial charge in [0.05, 0.1) is 17.2 Å². The molecule has 0 spiro atoms. The fraction of sp³-hybridized carbons (Fsp3) is 0.300. The zero-order valence-corrected chi connectivity index (χ0v) is 16.7. The molecule has 0 saturated carbocycles. The fourth-order valence-electron chi connectivity index (χ4n) is 3.22. The fourth-order valence-corrected chi connectivity index (χ4v) is 3.68. The molecular weight excluding hydrogens is 406 g/mol. The summed E-state index contributed by atoms with van der Waals surface area (Å²) in [6.07, 6.45) is 1.15. The molecule has 2 amide bonds. The third-order valence-electron chi connectivity index (χ3n) is 4.68. The van der Waals surface area contributed by atoms with Crippen LogP contribution in [0.25, 0.3) is 0 Å². The molecule has 0 unspecified atom stereocenters.